The number of aryl methyl sites for hydroxylation is 1. The number of aromatic nitrogens is 1. The third kappa shape index (κ3) is 3.79. The molecule has 1 aliphatic heterocycles. The number of pyridine rings is 1. The molecule has 0 aliphatic carbocycles. The van der Waals surface area contributed by atoms with Crippen LogP contribution in [0.1, 0.15) is 30.2 Å². The molecule has 134 valence electrons. The minimum absolute atomic E-state index is 0.0931. The molecule has 0 fully saturated rings. The number of hydrogen-bond donors (Lipinski definition) is 1. The summed E-state index contributed by atoms with van der Waals surface area (Å²) in [6.07, 6.45) is 2.88. The van der Waals surface area contributed by atoms with Crippen LogP contribution in [0.25, 0.3) is 0 Å². The second-order valence-corrected chi connectivity index (χ2v) is 6.35. The summed E-state index contributed by atoms with van der Waals surface area (Å²) in [5.41, 5.74) is 4.75. The molecule has 0 atom stereocenters. The molecule has 0 saturated heterocycles. The molecule has 6 heteroatoms. The van der Waals surface area contributed by atoms with Gasteiger partial charge in [0.1, 0.15) is 5.82 Å². The van der Waals surface area contributed by atoms with Crippen LogP contribution in [0.15, 0.2) is 52.9 Å². The highest BCUT2D eigenvalue weighted by molar-refractivity contribution is 5.95. The van der Waals surface area contributed by atoms with E-state index < -0.39 is 0 Å². The van der Waals surface area contributed by atoms with Gasteiger partial charge in [-0.05, 0) is 49.2 Å². The molecule has 1 aliphatic rings. The van der Waals surface area contributed by atoms with E-state index in [4.69, 9.17) is 0 Å². The Bertz CT molecular complexity index is 871. The lowest BCUT2D eigenvalue weighted by Gasteiger charge is -2.27. The summed E-state index contributed by atoms with van der Waals surface area (Å²) in [5.74, 6) is -0.344. The minimum Gasteiger partial charge on any atom is -0.352 e. The first-order valence-corrected chi connectivity index (χ1v) is 8.43. The molecule has 26 heavy (non-hydrogen) atoms. The predicted molar refractivity (Wildman–Crippen MR) is 101 cm³/mol. The summed E-state index contributed by atoms with van der Waals surface area (Å²) in [5, 5.41) is 8.59. The Labute approximate surface area is 152 Å². The number of benzene rings is 1. The van der Waals surface area contributed by atoms with E-state index in [9.17, 15) is 9.18 Å². The number of anilines is 1. The monoisotopic (exact) mass is 352 g/mol. The standard InChI is InChI=1S/C20H21FN4O/c1-13-8-15(10-16(21)9-13)11-17-12-18(4-6-23-17)25(22-3)19-5-7-24-20(26)14(19)2/h4,6,8-10,12H,3,5,7,11H2,1-2H3,(H,24,26). The molecule has 1 N–H and O–H groups in total. The highest BCUT2D eigenvalue weighted by Crippen LogP contribution is 2.26. The summed E-state index contributed by atoms with van der Waals surface area (Å²) in [6.45, 7) is 7.86. The maximum absolute atomic E-state index is 13.6. The van der Waals surface area contributed by atoms with E-state index in [1.54, 1.807) is 18.1 Å². The number of hydrogen-bond acceptors (Lipinski definition) is 4. The van der Waals surface area contributed by atoms with Crippen LogP contribution in [0.3, 0.4) is 0 Å². The normalized spacial score (nSPS) is 14.2. The van der Waals surface area contributed by atoms with Gasteiger partial charge in [0.15, 0.2) is 0 Å². The number of hydrazone groups is 1. The van der Waals surface area contributed by atoms with Gasteiger partial charge in [0.2, 0.25) is 5.91 Å². The van der Waals surface area contributed by atoms with Crippen molar-refractivity contribution in [2.24, 2.45) is 5.10 Å². The molecule has 0 spiro atoms. The van der Waals surface area contributed by atoms with Crippen molar-refractivity contribution in [1.82, 2.24) is 10.3 Å². The van der Waals surface area contributed by atoms with Crippen molar-refractivity contribution in [3.63, 3.8) is 0 Å². The van der Waals surface area contributed by atoms with Gasteiger partial charge in [-0.2, -0.15) is 5.10 Å². The molecule has 2 aromatic rings. The Morgan fingerprint density at radius 2 is 2.12 bits per heavy atom. The van der Waals surface area contributed by atoms with Crippen molar-refractivity contribution in [2.45, 2.75) is 26.7 Å². The van der Waals surface area contributed by atoms with Crippen LogP contribution >= 0.6 is 0 Å². The molecule has 0 bridgehead atoms. The van der Waals surface area contributed by atoms with Gasteiger partial charge >= 0.3 is 0 Å². The number of nitrogens with one attached hydrogen (secondary N) is 1. The Balaban J connectivity index is 1.91. The van der Waals surface area contributed by atoms with Gasteiger partial charge in [-0.25, -0.2) is 9.40 Å². The fourth-order valence-electron chi connectivity index (χ4n) is 3.15. The van der Waals surface area contributed by atoms with Crippen LogP contribution < -0.4 is 10.3 Å². The van der Waals surface area contributed by atoms with Crippen molar-refractivity contribution in [3.8, 4) is 0 Å². The van der Waals surface area contributed by atoms with E-state index in [1.165, 1.54) is 12.1 Å². The average Bonchev–Trinajstić information content (AvgIpc) is 2.59. The molecular weight excluding hydrogens is 331 g/mol. The molecule has 0 unspecified atom stereocenters. The second kappa shape index (κ2) is 7.47. The summed E-state index contributed by atoms with van der Waals surface area (Å²) >= 11 is 0. The zero-order valence-corrected chi connectivity index (χ0v) is 14.9. The molecule has 0 saturated carbocycles. The van der Waals surface area contributed by atoms with Crippen LogP contribution in [0.5, 0.6) is 0 Å². The first kappa shape index (κ1) is 17.8. The molecule has 2 heterocycles. The van der Waals surface area contributed by atoms with E-state index in [2.05, 4.69) is 22.1 Å². The van der Waals surface area contributed by atoms with Crippen LogP contribution in [0.2, 0.25) is 0 Å². The molecule has 1 amide bonds. The van der Waals surface area contributed by atoms with Gasteiger partial charge in [-0.1, -0.05) is 6.07 Å². The summed E-state index contributed by atoms with van der Waals surface area (Å²) < 4.78 is 13.6. The molecule has 1 aromatic heterocycles. The Hall–Kier alpha value is -3.02. The maximum Gasteiger partial charge on any atom is 0.248 e. The fraction of sp³-hybridized carbons (Fsp3) is 0.250. The largest absolute Gasteiger partial charge is 0.352 e. The Kier molecular flexibility index (Phi) is 5.11. The third-order valence-corrected chi connectivity index (χ3v) is 4.35. The van der Waals surface area contributed by atoms with Crippen molar-refractivity contribution in [2.75, 3.05) is 11.6 Å². The van der Waals surface area contributed by atoms with E-state index in [0.717, 1.165) is 28.2 Å². The summed E-state index contributed by atoms with van der Waals surface area (Å²) in [4.78, 5) is 16.3. The number of halogens is 1. The Morgan fingerprint density at radius 3 is 2.85 bits per heavy atom. The van der Waals surface area contributed by atoms with Gasteiger partial charge in [-0.3, -0.25) is 9.78 Å². The predicted octanol–water partition coefficient (Wildman–Crippen LogP) is 3.34. The number of carbonyl (C=O) groups excluding carboxylic acids is 1. The quantitative estimate of drug-likeness (QED) is 0.663. The number of amides is 1. The average molecular weight is 352 g/mol. The van der Waals surface area contributed by atoms with E-state index in [0.29, 0.717) is 25.0 Å². The van der Waals surface area contributed by atoms with Gasteiger partial charge < -0.3 is 5.32 Å². The summed E-state index contributed by atoms with van der Waals surface area (Å²) in [6, 6.07) is 8.67. The minimum atomic E-state index is -0.250. The Morgan fingerprint density at radius 1 is 1.31 bits per heavy atom. The van der Waals surface area contributed by atoms with E-state index in [-0.39, 0.29) is 11.7 Å². The van der Waals surface area contributed by atoms with Crippen molar-refractivity contribution < 1.29 is 9.18 Å². The lowest BCUT2D eigenvalue weighted by Crippen LogP contribution is -2.35. The van der Waals surface area contributed by atoms with Crippen LogP contribution in [0, 0.1) is 12.7 Å². The van der Waals surface area contributed by atoms with E-state index in [1.807, 2.05) is 25.1 Å². The SMILES string of the molecule is C=NN(C1=C(C)C(=O)NCC1)c1ccnc(Cc2cc(C)cc(F)c2)c1. The van der Waals surface area contributed by atoms with Crippen molar-refractivity contribution in [1.29, 1.82) is 0 Å². The number of nitrogens with zero attached hydrogens (tertiary/aromatic N) is 3. The smallest absolute Gasteiger partial charge is 0.248 e. The van der Waals surface area contributed by atoms with E-state index >= 15 is 0 Å². The molecule has 0 radical (unpaired) electrons. The van der Waals surface area contributed by atoms with Crippen molar-refractivity contribution >= 4 is 18.3 Å². The topological polar surface area (TPSA) is 57.6 Å². The highest BCUT2D eigenvalue weighted by atomic mass is 19.1. The van der Waals surface area contributed by atoms with Crippen LogP contribution in [-0.2, 0) is 11.2 Å². The lowest BCUT2D eigenvalue weighted by atomic mass is 10.1. The van der Waals surface area contributed by atoms with Crippen LogP contribution in [-0.4, -0.2) is 24.2 Å². The zero-order valence-electron chi connectivity index (χ0n) is 14.9. The van der Waals surface area contributed by atoms with Gasteiger partial charge in [0, 0.05) is 43.6 Å². The number of carbonyl (C=O) groups is 1. The first-order valence-electron chi connectivity index (χ1n) is 8.43. The highest BCUT2D eigenvalue weighted by Gasteiger charge is 2.22. The lowest BCUT2D eigenvalue weighted by molar-refractivity contribution is -0.117. The fourth-order valence-corrected chi connectivity index (χ4v) is 3.15. The molecule has 5 nitrogen and oxygen atoms in total. The third-order valence-electron chi connectivity index (χ3n) is 4.35. The van der Waals surface area contributed by atoms with Crippen molar-refractivity contribution in [3.05, 3.63) is 70.4 Å². The van der Waals surface area contributed by atoms with Crippen LogP contribution in [0.4, 0.5) is 10.1 Å². The van der Waals surface area contributed by atoms with Gasteiger partial charge in [0.05, 0.1) is 11.4 Å². The second-order valence-electron chi connectivity index (χ2n) is 6.35. The molecular formula is C20H21FN4O. The number of rotatable bonds is 5. The molecule has 1 aromatic carbocycles. The molecule has 3 rings (SSSR count). The maximum atomic E-state index is 13.6. The van der Waals surface area contributed by atoms with Gasteiger partial charge in [0.25, 0.3) is 0 Å². The summed E-state index contributed by atoms with van der Waals surface area (Å²) in [7, 11) is 0. The van der Waals surface area contributed by atoms with Gasteiger partial charge in [-0.15, -0.1) is 0 Å². The zero-order chi connectivity index (χ0) is 18.7. The first-order chi connectivity index (χ1) is 12.5.